The fraction of sp³-hybridized carbons (Fsp3) is 0.167. The van der Waals surface area contributed by atoms with Crippen molar-refractivity contribution in [2.45, 2.75) is 0 Å². The van der Waals surface area contributed by atoms with E-state index in [2.05, 4.69) is 0 Å². The van der Waals surface area contributed by atoms with E-state index in [9.17, 15) is 14.4 Å². The molecule has 0 fully saturated rings. The number of nitrogens with zero attached hydrogens (tertiary/aromatic N) is 1. The van der Waals surface area contributed by atoms with E-state index < -0.39 is 24.3 Å². The first-order valence-corrected chi connectivity index (χ1v) is 2.86. The molecule has 0 aliphatic carbocycles. The molecule has 5 nitrogen and oxygen atoms in total. The summed E-state index contributed by atoms with van der Waals surface area (Å²) in [5.41, 5.74) is 0. The maximum absolute atomic E-state index is 10.7. The van der Waals surface area contributed by atoms with Crippen LogP contribution in [0.15, 0.2) is 12.2 Å². The molecule has 1 heterocycles. The van der Waals surface area contributed by atoms with Gasteiger partial charge in [-0.2, -0.15) is 0 Å². The third kappa shape index (κ3) is 1.50. The molecule has 57 valence electrons. The first-order valence-electron chi connectivity index (χ1n) is 2.86. The van der Waals surface area contributed by atoms with E-state index in [-0.39, 0.29) is 0 Å². The predicted octanol–water partition coefficient (Wildman–Crippen LogP) is -1.17. The lowest BCUT2D eigenvalue weighted by Gasteiger charge is -1.93. The zero-order valence-corrected chi connectivity index (χ0v) is 5.48. The monoisotopic (exact) mass is 155 g/mol. The molecule has 0 aromatic heterocycles. The van der Waals surface area contributed by atoms with Gasteiger partial charge in [0.1, 0.15) is 0 Å². The highest BCUT2D eigenvalue weighted by atomic mass is 16.4. The third-order valence-electron chi connectivity index (χ3n) is 1.19. The number of carbonyl (C=O) groups is 3. The van der Waals surface area contributed by atoms with Gasteiger partial charge in [0, 0.05) is 0 Å². The number of aliphatic carboxylic acids is 1. The summed E-state index contributed by atoms with van der Waals surface area (Å²) < 4.78 is 0. The SMILES string of the molecule is O=C(O)C[N+]1C(=O)C=CC1=O. The number of imide groups is 1. The molecular formula is C6H5NO4+. The Balaban J connectivity index is 2.66. The number of hydrogen-bond acceptors (Lipinski definition) is 3. The van der Waals surface area contributed by atoms with E-state index in [4.69, 9.17) is 5.11 Å². The number of carboxylic acids is 1. The van der Waals surface area contributed by atoms with Crippen LogP contribution in [-0.4, -0.2) is 29.4 Å². The minimum absolute atomic E-state index is 0.565. The first-order chi connectivity index (χ1) is 5.11. The average molecular weight is 155 g/mol. The molecule has 1 N–H and O–H groups in total. The Bertz CT molecular complexity index is 237. The molecule has 5 heteroatoms. The molecule has 11 heavy (non-hydrogen) atoms. The van der Waals surface area contributed by atoms with Gasteiger partial charge >= 0.3 is 17.8 Å². The zero-order chi connectivity index (χ0) is 8.43. The normalized spacial score (nSPS) is 17.8. The molecule has 1 rings (SSSR count). The van der Waals surface area contributed by atoms with Gasteiger partial charge in [0.05, 0.1) is 12.2 Å². The maximum Gasteiger partial charge on any atom is 0.395 e. The smallest absolute Gasteiger partial charge is 0.395 e. The van der Waals surface area contributed by atoms with Crippen molar-refractivity contribution >= 4 is 17.8 Å². The number of carboxylic acid groups (broad SMARTS) is 1. The molecule has 0 saturated carbocycles. The van der Waals surface area contributed by atoms with Gasteiger partial charge in [-0.3, -0.25) is 0 Å². The highest BCUT2D eigenvalue weighted by Gasteiger charge is 2.38. The van der Waals surface area contributed by atoms with Crippen molar-refractivity contribution in [3.8, 4) is 0 Å². The van der Waals surface area contributed by atoms with Gasteiger partial charge in [-0.1, -0.05) is 0 Å². The lowest BCUT2D eigenvalue weighted by molar-refractivity contribution is -0.142. The summed E-state index contributed by atoms with van der Waals surface area (Å²) in [5.74, 6) is -2.34. The lowest BCUT2D eigenvalue weighted by atomic mass is 10.5. The second-order valence-corrected chi connectivity index (χ2v) is 1.99. The molecule has 0 unspecified atom stereocenters. The van der Waals surface area contributed by atoms with Crippen LogP contribution in [0.5, 0.6) is 0 Å². The Morgan fingerprint density at radius 2 is 1.82 bits per heavy atom. The lowest BCUT2D eigenvalue weighted by Crippen LogP contribution is -2.40. The molecule has 0 aromatic carbocycles. The van der Waals surface area contributed by atoms with Gasteiger partial charge in [-0.15, -0.1) is 0 Å². The second-order valence-electron chi connectivity index (χ2n) is 1.99. The fourth-order valence-corrected chi connectivity index (χ4v) is 0.722. The summed E-state index contributed by atoms with van der Waals surface area (Å²) in [5, 5.41) is 8.24. The Labute approximate surface area is 61.9 Å². The van der Waals surface area contributed by atoms with E-state index in [1.165, 1.54) is 0 Å². The number of rotatable bonds is 2. The van der Waals surface area contributed by atoms with E-state index in [1.807, 2.05) is 0 Å². The number of hydrogen-bond donors (Lipinski definition) is 1. The van der Waals surface area contributed by atoms with Gasteiger partial charge in [0.2, 0.25) is 6.54 Å². The minimum atomic E-state index is -1.20. The van der Waals surface area contributed by atoms with Crippen molar-refractivity contribution in [2.75, 3.05) is 6.54 Å². The zero-order valence-electron chi connectivity index (χ0n) is 5.48. The van der Waals surface area contributed by atoms with Gasteiger partial charge in [0.15, 0.2) is 0 Å². The van der Waals surface area contributed by atoms with Gasteiger partial charge < -0.3 is 5.11 Å². The van der Waals surface area contributed by atoms with Crippen LogP contribution in [0.25, 0.3) is 0 Å². The van der Waals surface area contributed by atoms with Crippen molar-refractivity contribution in [1.29, 1.82) is 0 Å². The molecule has 0 saturated heterocycles. The summed E-state index contributed by atoms with van der Waals surface area (Å²) in [4.78, 5) is 32.1. The van der Waals surface area contributed by atoms with Crippen molar-refractivity contribution < 1.29 is 19.5 Å². The molecule has 1 aliphatic rings. The first kappa shape index (κ1) is 7.62. The molecule has 2 amide bonds. The highest BCUT2D eigenvalue weighted by Crippen LogP contribution is 1.98. The number of amides is 2. The van der Waals surface area contributed by atoms with Gasteiger partial charge in [-0.05, 0) is 4.90 Å². The Kier molecular flexibility index (Phi) is 1.82. The Morgan fingerprint density at radius 3 is 2.18 bits per heavy atom. The Morgan fingerprint density at radius 1 is 1.36 bits per heavy atom. The molecule has 1 radical (unpaired) electrons. The van der Waals surface area contributed by atoms with Crippen LogP contribution in [0.2, 0.25) is 0 Å². The molecule has 0 atom stereocenters. The summed E-state index contributed by atoms with van der Waals surface area (Å²) in [6.07, 6.45) is 2.09. The van der Waals surface area contributed by atoms with Crippen LogP contribution >= 0.6 is 0 Å². The predicted molar refractivity (Wildman–Crippen MR) is 33.8 cm³/mol. The molecular weight excluding hydrogens is 150 g/mol. The van der Waals surface area contributed by atoms with Crippen LogP contribution < -0.4 is 4.90 Å². The summed E-state index contributed by atoms with van der Waals surface area (Å²) >= 11 is 0. The van der Waals surface area contributed by atoms with Crippen molar-refractivity contribution in [2.24, 2.45) is 0 Å². The Hall–Kier alpha value is -1.49. The van der Waals surface area contributed by atoms with Crippen LogP contribution in [0.4, 0.5) is 0 Å². The maximum atomic E-state index is 10.7. The summed E-state index contributed by atoms with van der Waals surface area (Å²) in [6.45, 7) is -0.565. The van der Waals surface area contributed by atoms with E-state index in [1.54, 1.807) is 0 Å². The van der Waals surface area contributed by atoms with E-state index in [0.717, 1.165) is 12.2 Å². The largest absolute Gasteiger partial charge is 0.477 e. The number of carbonyl (C=O) groups excluding carboxylic acids is 2. The van der Waals surface area contributed by atoms with Crippen molar-refractivity contribution in [1.82, 2.24) is 4.90 Å². The van der Waals surface area contributed by atoms with Crippen molar-refractivity contribution in [3.05, 3.63) is 12.2 Å². The van der Waals surface area contributed by atoms with Crippen LogP contribution in [-0.2, 0) is 14.4 Å². The van der Waals surface area contributed by atoms with Crippen LogP contribution in [0, 0.1) is 0 Å². The van der Waals surface area contributed by atoms with Crippen LogP contribution in [0.3, 0.4) is 0 Å². The fourth-order valence-electron chi connectivity index (χ4n) is 0.722. The molecule has 0 bridgehead atoms. The van der Waals surface area contributed by atoms with Crippen molar-refractivity contribution in [3.63, 3.8) is 0 Å². The van der Waals surface area contributed by atoms with E-state index >= 15 is 0 Å². The summed E-state index contributed by atoms with van der Waals surface area (Å²) in [6, 6.07) is 0. The topological polar surface area (TPSA) is 77.3 Å². The van der Waals surface area contributed by atoms with Gasteiger partial charge in [0.25, 0.3) is 0 Å². The third-order valence-corrected chi connectivity index (χ3v) is 1.19. The average Bonchev–Trinajstić information content (AvgIpc) is 2.18. The minimum Gasteiger partial charge on any atom is -0.477 e. The standard InChI is InChI=1S/C6H5NO4/c8-4-1-2-5(9)7(4)3-6(10)11/h1-2H,3H2,(H,10,11)/q+1. The highest BCUT2D eigenvalue weighted by molar-refractivity contribution is 6.16. The second kappa shape index (κ2) is 2.63. The van der Waals surface area contributed by atoms with E-state index in [0.29, 0.717) is 4.90 Å². The quantitative estimate of drug-likeness (QED) is 0.402. The van der Waals surface area contributed by atoms with Gasteiger partial charge in [-0.25, -0.2) is 14.4 Å². The molecule has 0 aromatic rings. The molecule has 0 spiro atoms. The summed E-state index contributed by atoms with van der Waals surface area (Å²) in [7, 11) is 0. The molecule has 1 aliphatic heterocycles. The van der Waals surface area contributed by atoms with Crippen LogP contribution in [0.1, 0.15) is 0 Å².